The van der Waals surface area contributed by atoms with Gasteiger partial charge in [0.25, 0.3) is 0 Å². The number of likely N-dealkylation sites (tertiary alicyclic amines) is 1. The number of rotatable bonds is 0. The number of nitrogens with zero attached hydrogens (tertiary/aromatic N) is 1. The Hall–Kier alpha value is -0.0400. The van der Waals surface area contributed by atoms with Gasteiger partial charge in [-0.15, -0.1) is 0 Å². The first-order valence-corrected chi connectivity index (χ1v) is 7.46. The fourth-order valence-electron chi connectivity index (χ4n) is 4.02. The zero-order chi connectivity index (χ0) is 12.8. The van der Waals surface area contributed by atoms with E-state index in [1.54, 1.807) is 0 Å². The fourth-order valence-corrected chi connectivity index (χ4v) is 4.02. The Labute approximate surface area is 108 Å². The van der Waals surface area contributed by atoms with Crippen molar-refractivity contribution in [1.82, 2.24) is 4.90 Å². The van der Waals surface area contributed by atoms with E-state index < -0.39 is 0 Å². The molecule has 1 aliphatic carbocycles. The number of piperidine rings is 1. The lowest BCUT2D eigenvalue weighted by Crippen LogP contribution is -2.58. The van der Waals surface area contributed by atoms with Gasteiger partial charge in [-0.25, -0.2) is 0 Å². The van der Waals surface area contributed by atoms with Gasteiger partial charge in [0.2, 0.25) is 0 Å². The van der Waals surface area contributed by atoms with Crippen molar-refractivity contribution in [3.63, 3.8) is 0 Å². The third-order valence-corrected chi connectivity index (χ3v) is 5.01. The van der Waals surface area contributed by atoms with Crippen LogP contribution >= 0.6 is 0 Å². The molecule has 0 radical (unpaired) electrons. The van der Waals surface area contributed by atoms with Gasteiger partial charge in [0.05, 0.1) is 0 Å². The molecule has 0 bridgehead atoms. The molecule has 0 aromatic heterocycles. The smallest absolute Gasteiger partial charge is 0.0152 e. The molecule has 17 heavy (non-hydrogen) atoms. The molecule has 1 aliphatic heterocycles. The van der Waals surface area contributed by atoms with Gasteiger partial charge in [-0.05, 0) is 50.9 Å². The second-order valence-corrected chi connectivity index (χ2v) is 8.39. The molecule has 1 saturated carbocycles. The molecule has 1 saturated heterocycles. The van der Waals surface area contributed by atoms with Crippen LogP contribution in [0.2, 0.25) is 0 Å². The molecule has 100 valence electrons. The molecule has 1 nitrogen and oxygen atoms in total. The lowest BCUT2D eigenvalue weighted by atomic mass is 9.72. The first-order valence-electron chi connectivity index (χ1n) is 7.46. The summed E-state index contributed by atoms with van der Waals surface area (Å²) in [5.74, 6) is 2.02. The molecular weight excluding hydrogens is 206 g/mol. The van der Waals surface area contributed by atoms with E-state index in [0.29, 0.717) is 11.0 Å². The molecule has 2 fully saturated rings. The molecule has 0 spiro atoms. The molecule has 1 heterocycles. The summed E-state index contributed by atoms with van der Waals surface area (Å²) < 4.78 is 0. The zero-order valence-electron chi connectivity index (χ0n) is 12.7. The lowest BCUT2D eigenvalue weighted by Gasteiger charge is -2.53. The van der Waals surface area contributed by atoms with Crippen LogP contribution in [0.5, 0.6) is 0 Å². The van der Waals surface area contributed by atoms with Crippen molar-refractivity contribution in [3.05, 3.63) is 0 Å². The Morgan fingerprint density at radius 2 is 1.47 bits per heavy atom. The quantitative estimate of drug-likeness (QED) is 0.606. The largest absolute Gasteiger partial charge is 0.295 e. The summed E-state index contributed by atoms with van der Waals surface area (Å²) in [7, 11) is 0. The minimum absolute atomic E-state index is 0.325. The third kappa shape index (κ3) is 2.70. The summed E-state index contributed by atoms with van der Waals surface area (Å²) in [6.07, 6.45) is 5.89. The summed E-state index contributed by atoms with van der Waals surface area (Å²) in [4.78, 5) is 2.81. The molecule has 3 unspecified atom stereocenters. The van der Waals surface area contributed by atoms with Crippen molar-refractivity contribution in [2.24, 2.45) is 17.3 Å². The number of hydrogen-bond donors (Lipinski definition) is 0. The Morgan fingerprint density at radius 1 is 0.882 bits per heavy atom. The van der Waals surface area contributed by atoms with Crippen LogP contribution in [0.15, 0.2) is 0 Å². The molecule has 0 amide bonds. The topological polar surface area (TPSA) is 3.24 Å². The number of fused-ring (bicyclic) bond motifs is 1. The summed E-state index contributed by atoms with van der Waals surface area (Å²) in [6.45, 7) is 15.8. The maximum absolute atomic E-state index is 2.81. The predicted molar refractivity (Wildman–Crippen MR) is 75.2 cm³/mol. The summed E-state index contributed by atoms with van der Waals surface area (Å²) in [5.41, 5.74) is 0.742. The van der Waals surface area contributed by atoms with Gasteiger partial charge in [0.15, 0.2) is 0 Å². The van der Waals surface area contributed by atoms with Crippen LogP contribution < -0.4 is 0 Å². The molecule has 2 rings (SSSR count). The molecule has 1 heteroatoms. The van der Waals surface area contributed by atoms with E-state index >= 15 is 0 Å². The van der Waals surface area contributed by atoms with Crippen molar-refractivity contribution in [2.75, 3.05) is 6.54 Å². The van der Waals surface area contributed by atoms with Crippen molar-refractivity contribution in [1.29, 1.82) is 0 Å². The monoisotopic (exact) mass is 237 g/mol. The second kappa shape index (κ2) is 4.26. The minimum atomic E-state index is 0.325. The Bertz CT molecular complexity index is 240. The first-order chi connectivity index (χ1) is 7.69. The highest BCUT2D eigenvalue weighted by Crippen LogP contribution is 2.46. The van der Waals surface area contributed by atoms with Crippen molar-refractivity contribution >= 4 is 0 Å². The van der Waals surface area contributed by atoms with E-state index in [1.165, 1.54) is 32.2 Å². The molecule has 0 aromatic rings. The van der Waals surface area contributed by atoms with Crippen LogP contribution in [0.4, 0.5) is 0 Å². The lowest BCUT2D eigenvalue weighted by molar-refractivity contribution is -0.0410. The van der Waals surface area contributed by atoms with Crippen LogP contribution in [-0.4, -0.2) is 23.0 Å². The first kappa shape index (κ1) is 13.4. The summed E-state index contributed by atoms with van der Waals surface area (Å²) in [6, 6.07) is 0.766. The van der Waals surface area contributed by atoms with Gasteiger partial charge < -0.3 is 0 Å². The van der Waals surface area contributed by atoms with Crippen LogP contribution in [0.1, 0.15) is 67.2 Å². The van der Waals surface area contributed by atoms with Crippen molar-refractivity contribution in [3.8, 4) is 0 Å². The van der Waals surface area contributed by atoms with E-state index in [2.05, 4.69) is 46.4 Å². The van der Waals surface area contributed by atoms with Crippen molar-refractivity contribution < 1.29 is 0 Å². The van der Waals surface area contributed by atoms with Crippen LogP contribution in [0.3, 0.4) is 0 Å². The molecule has 0 N–H and O–H groups in total. The highest BCUT2D eigenvalue weighted by molar-refractivity contribution is 4.98. The van der Waals surface area contributed by atoms with Gasteiger partial charge in [-0.3, -0.25) is 4.90 Å². The molecule has 2 aliphatic rings. The van der Waals surface area contributed by atoms with E-state index in [9.17, 15) is 0 Å². The molecular formula is C16H31N. The summed E-state index contributed by atoms with van der Waals surface area (Å²) in [5, 5.41) is 0. The number of hydrogen-bond acceptors (Lipinski definition) is 1. The van der Waals surface area contributed by atoms with Crippen molar-refractivity contribution in [2.45, 2.75) is 78.8 Å². The van der Waals surface area contributed by atoms with E-state index in [1.807, 2.05) is 0 Å². The highest BCUT2D eigenvalue weighted by Gasteiger charge is 2.45. The summed E-state index contributed by atoms with van der Waals surface area (Å²) >= 11 is 0. The average Bonchev–Trinajstić information content (AvgIpc) is 2.59. The van der Waals surface area contributed by atoms with E-state index in [4.69, 9.17) is 0 Å². The van der Waals surface area contributed by atoms with Gasteiger partial charge in [-0.1, -0.05) is 33.6 Å². The fraction of sp³-hybridized carbons (Fsp3) is 1.00. The van der Waals surface area contributed by atoms with E-state index in [-0.39, 0.29) is 0 Å². The van der Waals surface area contributed by atoms with Crippen LogP contribution in [0.25, 0.3) is 0 Å². The highest BCUT2D eigenvalue weighted by atomic mass is 15.2. The maximum Gasteiger partial charge on any atom is 0.0152 e. The van der Waals surface area contributed by atoms with E-state index in [0.717, 1.165) is 17.9 Å². The van der Waals surface area contributed by atoms with Gasteiger partial charge in [0.1, 0.15) is 0 Å². The maximum atomic E-state index is 2.81. The molecule has 3 atom stereocenters. The Morgan fingerprint density at radius 3 is 2.00 bits per heavy atom. The predicted octanol–water partition coefficient (Wildman–Crippen LogP) is 4.32. The Balaban J connectivity index is 2.21. The SMILES string of the molecule is CC(C)(C)C1CC2CCCC2CN1C(C)(C)C. The molecule has 0 aromatic carbocycles. The third-order valence-electron chi connectivity index (χ3n) is 5.01. The Kier molecular flexibility index (Phi) is 3.36. The van der Waals surface area contributed by atoms with Crippen LogP contribution in [-0.2, 0) is 0 Å². The minimum Gasteiger partial charge on any atom is -0.295 e. The van der Waals surface area contributed by atoms with Crippen LogP contribution in [0, 0.1) is 17.3 Å². The van der Waals surface area contributed by atoms with Gasteiger partial charge in [-0.2, -0.15) is 0 Å². The standard InChI is InChI=1S/C16H31N/c1-15(2,3)14-10-12-8-7-9-13(12)11-17(14)16(4,5)6/h12-14H,7-11H2,1-6H3. The normalized spacial score (nSPS) is 36.0. The second-order valence-electron chi connectivity index (χ2n) is 8.39. The van der Waals surface area contributed by atoms with Gasteiger partial charge in [0, 0.05) is 18.1 Å². The average molecular weight is 237 g/mol. The van der Waals surface area contributed by atoms with Gasteiger partial charge >= 0.3 is 0 Å². The zero-order valence-corrected chi connectivity index (χ0v) is 12.7.